The maximum absolute atomic E-state index is 9.31. The van der Waals surface area contributed by atoms with E-state index < -0.39 is 0 Å². The fraction of sp³-hybridized carbons (Fsp3) is 0.500. The van der Waals surface area contributed by atoms with Crippen molar-refractivity contribution in [2.45, 2.75) is 37.6 Å². The first-order valence-corrected chi connectivity index (χ1v) is 7.37. The van der Waals surface area contributed by atoms with Gasteiger partial charge in [0.25, 0.3) is 0 Å². The minimum Gasteiger partial charge on any atom is -0.380 e. The molecule has 0 radical (unpaired) electrons. The Bertz CT molecular complexity index is 412. The lowest BCUT2D eigenvalue weighted by Gasteiger charge is -2.19. The van der Waals surface area contributed by atoms with Crippen molar-refractivity contribution in [1.29, 1.82) is 5.26 Å². The summed E-state index contributed by atoms with van der Waals surface area (Å²) in [4.78, 5) is 1.04. The van der Waals surface area contributed by atoms with Crippen LogP contribution < -0.4 is 11.1 Å². The Labute approximate surface area is 114 Å². The summed E-state index contributed by atoms with van der Waals surface area (Å²) in [7, 11) is 0. The van der Waals surface area contributed by atoms with Crippen LogP contribution in [0.3, 0.4) is 0 Å². The summed E-state index contributed by atoms with van der Waals surface area (Å²) in [5.41, 5.74) is 7.38. The third kappa shape index (κ3) is 3.94. The molecule has 3 N–H and O–H groups in total. The highest BCUT2D eigenvalue weighted by atomic mass is 32.2. The van der Waals surface area contributed by atoms with Gasteiger partial charge in [0.1, 0.15) is 6.07 Å². The highest BCUT2D eigenvalue weighted by Crippen LogP contribution is 2.28. The van der Waals surface area contributed by atoms with Crippen molar-refractivity contribution in [3.05, 3.63) is 23.8 Å². The number of nitrogens with one attached hydrogen (secondary N) is 1. The van der Waals surface area contributed by atoms with E-state index in [9.17, 15) is 5.26 Å². The highest BCUT2D eigenvalue weighted by Gasteiger charge is 2.11. The largest absolute Gasteiger partial charge is 0.380 e. The van der Waals surface area contributed by atoms with Crippen LogP contribution in [-0.4, -0.2) is 18.3 Å². The predicted octanol–water partition coefficient (Wildman–Crippen LogP) is 3.21. The molecule has 0 aliphatic heterocycles. The Kier molecular flexibility index (Phi) is 6.63. The van der Waals surface area contributed by atoms with Crippen LogP contribution in [0.5, 0.6) is 0 Å². The van der Waals surface area contributed by atoms with Crippen LogP contribution in [0.15, 0.2) is 23.1 Å². The Morgan fingerprint density at radius 1 is 1.44 bits per heavy atom. The summed E-state index contributed by atoms with van der Waals surface area (Å²) in [6.07, 6.45) is 2.10. The molecule has 0 saturated heterocycles. The number of nitrogens with zero attached hydrogens (tertiary/aromatic N) is 1. The minimum atomic E-state index is 0.240. The second-order valence-corrected chi connectivity index (χ2v) is 5.40. The van der Waals surface area contributed by atoms with Crippen LogP contribution >= 0.6 is 11.8 Å². The minimum absolute atomic E-state index is 0.240. The topological polar surface area (TPSA) is 61.8 Å². The molecule has 0 aromatic heterocycles. The van der Waals surface area contributed by atoms with Crippen molar-refractivity contribution in [3.8, 4) is 6.07 Å². The van der Waals surface area contributed by atoms with Gasteiger partial charge in [-0.3, -0.25) is 0 Å². The highest BCUT2D eigenvalue weighted by molar-refractivity contribution is 7.99. The van der Waals surface area contributed by atoms with Gasteiger partial charge in [0.15, 0.2) is 0 Å². The van der Waals surface area contributed by atoms with Gasteiger partial charge in [-0.1, -0.05) is 26.3 Å². The molecule has 1 aromatic carbocycles. The van der Waals surface area contributed by atoms with Gasteiger partial charge in [0, 0.05) is 17.5 Å². The molecule has 1 atom stereocenters. The third-order valence-electron chi connectivity index (χ3n) is 2.72. The summed E-state index contributed by atoms with van der Waals surface area (Å²) < 4.78 is 0. The fourth-order valence-corrected chi connectivity index (χ4v) is 2.65. The van der Waals surface area contributed by atoms with E-state index in [0.717, 1.165) is 34.7 Å². The summed E-state index contributed by atoms with van der Waals surface area (Å²) in [6, 6.07) is 8.47. The van der Waals surface area contributed by atoms with E-state index >= 15 is 0 Å². The van der Waals surface area contributed by atoms with Crippen molar-refractivity contribution >= 4 is 17.4 Å². The smallest absolute Gasteiger partial charge is 0.102 e. The standard InChI is InChI=1S/C14H21N3S/c1-3-6-11(9-15)17-13-7-5-8-14(18-4-2)12(13)10-16/h5,7-8,11,17H,3-4,6,9,15H2,1-2H3. The molecular weight excluding hydrogens is 242 g/mol. The van der Waals surface area contributed by atoms with E-state index in [2.05, 4.69) is 25.2 Å². The third-order valence-corrected chi connectivity index (χ3v) is 3.66. The summed E-state index contributed by atoms with van der Waals surface area (Å²) in [5, 5.41) is 12.7. The molecule has 98 valence electrons. The Morgan fingerprint density at radius 2 is 2.22 bits per heavy atom. The van der Waals surface area contributed by atoms with Gasteiger partial charge < -0.3 is 11.1 Å². The zero-order chi connectivity index (χ0) is 13.4. The SMILES string of the molecule is CCCC(CN)Nc1cccc(SCC)c1C#N. The number of benzene rings is 1. The van der Waals surface area contributed by atoms with Gasteiger partial charge in [-0.25, -0.2) is 0 Å². The van der Waals surface area contributed by atoms with E-state index in [4.69, 9.17) is 5.73 Å². The molecule has 0 bridgehead atoms. The Hall–Kier alpha value is -1.18. The summed E-state index contributed by atoms with van der Waals surface area (Å²) in [5.74, 6) is 0.966. The van der Waals surface area contributed by atoms with Crippen molar-refractivity contribution in [1.82, 2.24) is 0 Å². The normalized spacial score (nSPS) is 11.9. The molecule has 3 nitrogen and oxygen atoms in total. The zero-order valence-corrected chi connectivity index (χ0v) is 11.9. The van der Waals surface area contributed by atoms with Crippen molar-refractivity contribution in [2.75, 3.05) is 17.6 Å². The summed E-state index contributed by atoms with van der Waals surface area (Å²) >= 11 is 1.69. The average Bonchev–Trinajstić information content (AvgIpc) is 2.39. The first-order chi connectivity index (χ1) is 8.76. The number of hydrogen-bond acceptors (Lipinski definition) is 4. The van der Waals surface area contributed by atoms with E-state index in [1.165, 1.54) is 0 Å². The van der Waals surface area contributed by atoms with Crippen LogP contribution in [0.25, 0.3) is 0 Å². The monoisotopic (exact) mass is 263 g/mol. The van der Waals surface area contributed by atoms with Gasteiger partial charge >= 0.3 is 0 Å². The fourth-order valence-electron chi connectivity index (χ4n) is 1.86. The zero-order valence-electron chi connectivity index (χ0n) is 11.1. The molecule has 0 amide bonds. The number of nitriles is 1. The van der Waals surface area contributed by atoms with Gasteiger partial charge in [-0.05, 0) is 24.3 Å². The Balaban J connectivity index is 2.94. The van der Waals surface area contributed by atoms with Gasteiger partial charge in [0.2, 0.25) is 0 Å². The number of nitrogens with two attached hydrogens (primary N) is 1. The molecule has 0 fully saturated rings. The lowest BCUT2D eigenvalue weighted by molar-refractivity contribution is 0.648. The molecule has 0 heterocycles. The molecule has 0 aliphatic carbocycles. The van der Waals surface area contributed by atoms with Crippen LogP contribution in [0.1, 0.15) is 32.3 Å². The van der Waals surface area contributed by atoms with Crippen molar-refractivity contribution in [3.63, 3.8) is 0 Å². The van der Waals surface area contributed by atoms with E-state index in [1.807, 2.05) is 18.2 Å². The molecule has 0 saturated carbocycles. The first kappa shape index (κ1) is 14.9. The number of rotatable bonds is 7. The average molecular weight is 263 g/mol. The van der Waals surface area contributed by atoms with Gasteiger partial charge in [0.05, 0.1) is 11.3 Å². The molecule has 0 spiro atoms. The molecule has 1 aromatic rings. The Morgan fingerprint density at radius 3 is 2.78 bits per heavy atom. The van der Waals surface area contributed by atoms with Crippen LogP contribution in [0, 0.1) is 11.3 Å². The van der Waals surface area contributed by atoms with Crippen LogP contribution in [-0.2, 0) is 0 Å². The lowest BCUT2D eigenvalue weighted by Crippen LogP contribution is -2.28. The molecular formula is C14H21N3S. The number of thioether (sulfide) groups is 1. The molecule has 1 unspecified atom stereocenters. The predicted molar refractivity (Wildman–Crippen MR) is 78.9 cm³/mol. The number of anilines is 1. The van der Waals surface area contributed by atoms with Crippen molar-refractivity contribution < 1.29 is 0 Å². The number of hydrogen-bond donors (Lipinski definition) is 2. The molecule has 4 heteroatoms. The second-order valence-electron chi connectivity index (χ2n) is 4.09. The van der Waals surface area contributed by atoms with Crippen LogP contribution in [0.4, 0.5) is 5.69 Å². The van der Waals surface area contributed by atoms with E-state index in [0.29, 0.717) is 6.54 Å². The summed E-state index contributed by atoms with van der Waals surface area (Å²) in [6.45, 7) is 4.81. The second kappa shape index (κ2) is 8.02. The molecule has 0 aliphatic rings. The van der Waals surface area contributed by atoms with Crippen LogP contribution in [0.2, 0.25) is 0 Å². The molecule has 1 rings (SSSR count). The van der Waals surface area contributed by atoms with Crippen molar-refractivity contribution in [2.24, 2.45) is 5.73 Å². The maximum Gasteiger partial charge on any atom is 0.102 e. The van der Waals surface area contributed by atoms with Gasteiger partial charge in [-0.15, -0.1) is 11.8 Å². The van der Waals surface area contributed by atoms with E-state index in [-0.39, 0.29) is 6.04 Å². The maximum atomic E-state index is 9.31. The molecule has 18 heavy (non-hydrogen) atoms. The van der Waals surface area contributed by atoms with E-state index in [1.54, 1.807) is 11.8 Å². The lowest BCUT2D eigenvalue weighted by atomic mass is 10.1. The van der Waals surface area contributed by atoms with Gasteiger partial charge in [-0.2, -0.15) is 5.26 Å². The quantitative estimate of drug-likeness (QED) is 0.742. The first-order valence-electron chi connectivity index (χ1n) is 6.39.